The van der Waals surface area contributed by atoms with Gasteiger partial charge in [0.1, 0.15) is 5.82 Å². The van der Waals surface area contributed by atoms with Gasteiger partial charge >= 0.3 is 0 Å². The van der Waals surface area contributed by atoms with Gasteiger partial charge < -0.3 is 10.2 Å². The van der Waals surface area contributed by atoms with Crippen LogP contribution in [0.5, 0.6) is 0 Å². The Morgan fingerprint density at radius 1 is 1.21 bits per heavy atom. The van der Waals surface area contributed by atoms with Crippen LogP contribution in [-0.4, -0.2) is 31.6 Å². The number of likely N-dealkylation sites (N-methyl/N-ethyl adjacent to an activating group) is 2. The van der Waals surface area contributed by atoms with Crippen LogP contribution in [0.4, 0.5) is 4.39 Å². The first-order chi connectivity index (χ1) is 8.95. The fourth-order valence-corrected chi connectivity index (χ4v) is 2.43. The lowest BCUT2D eigenvalue weighted by Gasteiger charge is -2.30. The molecule has 1 N–H and O–H groups in total. The van der Waals surface area contributed by atoms with Crippen molar-refractivity contribution in [1.29, 1.82) is 0 Å². The van der Waals surface area contributed by atoms with Gasteiger partial charge in [-0.1, -0.05) is 32.0 Å². The number of nitrogens with one attached hydrogen (secondary N) is 1. The molecule has 0 saturated heterocycles. The minimum Gasteiger partial charge on any atom is -0.312 e. The molecule has 0 saturated carbocycles. The van der Waals surface area contributed by atoms with Gasteiger partial charge in [-0.2, -0.15) is 0 Å². The monoisotopic (exact) mass is 266 g/mol. The lowest BCUT2D eigenvalue weighted by atomic mass is 10.0. The second-order valence-electron chi connectivity index (χ2n) is 5.78. The lowest BCUT2D eigenvalue weighted by molar-refractivity contribution is 0.207. The maximum atomic E-state index is 13.8. The fourth-order valence-electron chi connectivity index (χ4n) is 2.43. The predicted molar refractivity (Wildman–Crippen MR) is 79.7 cm³/mol. The summed E-state index contributed by atoms with van der Waals surface area (Å²) in [6.07, 6.45) is 1.16. The van der Waals surface area contributed by atoms with E-state index >= 15 is 0 Å². The Morgan fingerprint density at radius 2 is 1.84 bits per heavy atom. The molecular weight excluding hydrogens is 239 g/mol. The second-order valence-corrected chi connectivity index (χ2v) is 5.78. The van der Waals surface area contributed by atoms with Crippen molar-refractivity contribution in [1.82, 2.24) is 10.2 Å². The number of nitrogens with zero attached hydrogens (tertiary/aromatic N) is 1. The van der Waals surface area contributed by atoms with Crippen molar-refractivity contribution >= 4 is 0 Å². The van der Waals surface area contributed by atoms with Crippen molar-refractivity contribution < 1.29 is 4.39 Å². The van der Waals surface area contributed by atoms with Gasteiger partial charge in [-0.05, 0) is 39.4 Å². The summed E-state index contributed by atoms with van der Waals surface area (Å²) in [5.74, 6) is 0.547. The molecule has 19 heavy (non-hydrogen) atoms. The molecule has 2 atom stereocenters. The number of hydrogen-bond acceptors (Lipinski definition) is 2. The quantitative estimate of drug-likeness (QED) is 0.813. The third kappa shape index (κ3) is 4.92. The molecule has 0 aliphatic rings. The highest BCUT2D eigenvalue weighted by Crippen LogP contribution is 2.19. The maximum absolute atomic E-state index is 13.8. The lowest BCUT2D eigenvalue weighted by Crippen LogP contribution is -2.37. The standard InChI is InChI=1S/C16H27FN2/c1-12(2)10-13(3)19(5)11-16(18-4)14-8-6-7-9-15(14)17/h6-9,12-13,16,18H,10-11H2,1-5H3. The average molecular weight is 266 g/mol. The van der Waals surface area contributed by atoms with E-state index in [1.165, 1.54) is 6.07 Å². The van der Waals surface area contributed by atoms with E-state index in [1.54, 1.807) is 6.07 Å². The molecule has 0 heterocycles. The van der Waals surface area contributed by atoms with Crippen molar-refractivity contribution in [2.75, 3.05) is 20.6 Å². The molecule has 0 spiro atoms. The Hall–Kier alpha value is -0.930. The molecule has 0 aliphatic heterocycles. The van der Waals surface area contributed by atoms with E-state index < -0.39 is 0 Å². The number of hydrogen-bond donors (Lipinski definition) is 1. The highest BCUT2D eigenvalue weighted by molar-refractivity contribution is 5.21. The zero-order valence-corrected chi connectivity index (χ0v) is 12.8. The van der Waals surface area contributed by atoms with Crippen LogP contribution in [0.3, 0.4) is 0 Å². The largest absolute Gasteiger partial charge is 0.312 e. The van der Waals surface area contributed by atoms with Crippen LogP contribution in [0, 0.1) is 11.7 Å². The molecule has 0 aromatic heterocycles. The van der Waals surface area contributed by atoms with E-state index in [2.05, 4.69) is 38.0 Å². The van der Waals surface area contributed by atoms with Gasteiger partial charge in [0.2, 0.25) is 0 Å². The van der Waals surface area contributed by atoms with E-state index in [0.717, 1.165) is 18.5 Å². The number of rotatable bonds is 7. The van der Waals surface area contributed by atoms with Crippen molar-refractivity contribution in [2.24, 2.45) is 5.92 Å². The van der Waals surface area contributed by atoms with Crippen LogP contribution in [-0.2, 0) is 0 Å². The van der Waals surface area contributed by atoms with E-state index in [9.17, 15) is 4.39 Å². The van der Waals surface area contributed by atoms with Gasteiger partial charge in [-0.15, -0.1) is 0 Å². The molecule has 2 unspecified atom stereocenters. The molecule has 1 aromatic rings. The van der Waals surface area contributed by atoms with E-state index in [-0.39, 0.29) is 11.9 Å². The van der Waals surface area contributed by atoms with Crippen LogP contribution < -0.4 is 5.32 Å². The minimum atomic E-state index is -0.133. The zero-order valence-electron chi connectivity index (χ0n) is 12.8. The van der Waals surface area contributed by atoms with E-state index in [0.29, 0.717) is 12.0 Å². The summed E-state index contributed by atoms with van der Waals surface area (Å²) < 4.78 is 13.8. The Balaban J connectivity index is 2.69. The van der Waals surface area contributed by atoms with Gasteiger partial charge in [0.25, 0.3) is 0 Å². The Kier molecular flexibility index (Phi) is 6.46. The normalized spacial score (nSPS) is 14.9. The smallest absolute Gasteiger partial charge is 0.128 e. The van der Waals surface area contributed by atoms with Gasteiger partial charge in [0.05, 0.1) is 0 Å². The average Bonchev–Trinajstić information content (AvgIpc) is 2.35. The van der Waals surface area contributed by atoms with Crippen LogP contribution in [0.15, 0.2) is 24.3 Å². The maximum Gasteiger partial charge on any atom is 0.128 e. The first-order valence-corrected chi connectivity index (χ1v) is 7.07. The Bertz CT molecular complexity index is 379. The molecule has 2 nitrogen and oxygen atoms in total. The topological polar surface area (TPSA) is 15.3 Å². The first kappa shape index (κ1) is 16.1. The van der Waals surface area contributed by atoms with Crippen molar-refractivity contribution in [3.8, 4) is 0 Å². The summed E-state index contributed by atoms with van der Waals surface area (Å²) in [7, 11) is 4.00. The van der Waals surface area contributed by atoms with E-state index in [1.807, 2.05) is 19.2 Å². The van der Waals surface area contributed by atoms with Crippen LogP contribution in [0.25, 0.3) is 0 Å². The molecular formula is C16H27FN2. The first-order valence-electron chi connectivity index (χ1n) is 7.07. The molecule has 1 aromatic carbocycles. The number of halogens is 1. The van der Waals surface area contributed by atoms with Gasteiger partial charge in [-0.25, -0.2) is 4.39 Å². The summed E-state index contributed by atoms with van der Waals surface area (Å²) in [5.41, 5.74) is 0.744. The molecule has 3 heteroatoms. The number of benzene rings is 1. The molecule has 0 bridgehead atoms. The third-order valence-electron chi connectivity index (χ3n) is 3.66. The van der Waals surface area contributed by atoms with Crippen LogP contribution in [0.2, 0.25) is 0 Å². The Labute approximate surface area is 117 Å². The molecule has 0 fully saturated rings. The second kappa shape index (κ2) is 7.61. The fraction of sp³-hybridized carbons (Fsp3) is 0.625. The highest BCUT2D eigenvalue weighted by Gasteiger charge is 2.18. The van der Waals surface area contributed by atoms with Crippen molar-refractivity contribution in [2.45, 2.75) is 39.3 Å². The van der Waals surface area contributed by atoms with Crippen LogP contribution in [0.1, 0.15) is 38.8 Å². The van der Waals surface area contributed by atoms with Crippen molar-refractivity contribution in [3.05, 3.63) is 35.6 Å². The van der Waals surface area contributed by atoms with Crippen LogP contribution >= 0.6 is 0 Å². The van der Waals surface area contributed by atoms with Gasteiger partial charge in [0, 0.05) is 24.2 Å². The summed E-state index contributed by atoms with van der Waals surface area (Å²) in [5, 5.41) is 3.22. The molecule has 0 aliphatic carbocycles. The van der Waals surface area contributed by atoms with Crippen molar-refractivity contribution in [3.63, 3.8) is 0 Å². The molecule has 108 valence electrons. The van der Waals surface area contributed by atoms with E-state index in [4.69, 9.17) is 0 Å². The SMILES string of the molecule is CNC(CN(C)C(C)CC(C)C)c1ccccc1F. The molecule has 0 amide bonds. The summed E-state index contributed by atoms with van der Waals surface area (Å²) >= 11 is 0. The van der Waals surface area contributed by atoms with Gasteiger partial charge in [-0.3, -0.25) is 0 Å². The third-order valence-corrected chi connectivity index (χ3v) is 3.66. The minimum absolute atomic E-state index is 0.0285. The predicted octanol–water partition coefficient (Wildman–Crippen LogP) is 3.45. The van der Waals surface area contributed by atoms with Gasteiger partial charge in [0.15, 0.2) is 0 Å². The molecule has 0 radical (unpaired) electrons. The summed E-state index contributed by atoms with van der Waals surface area (Å²) in [6, 6.07) is 7.54. The summed E-state index contributed by atoms with van der Waals surface area (Å²) in [4.78, 5) is 2.30. The zero-order chi connectivity index (χ0) is 14.4. The molecule has 1 rings (SSSR count). The Morgan fingerprint density at radius 3 is 2.37 bits per heavy atom. The summed E-state index contributed by atoms with van der Waals surface area (Å²) in [6.45, 7) is 7.51. The highest BCUT2D eigenvalue weighted by atomic mass is 19.1.